The van der Waals surface area contributed by atoms with Crippen LogP contribution in [0.4, 0.5) is 0 Å². The predicted molar refractivity (Wildman–Crippen MR) is 49.1 cm³/mol. The van der Waals surface area contributed by atoms with Crippen molar-refractivity contribution in [2.24, 2.45) is 5.41 Å². The van der Waals surface area contributed by atoms with E-state index in [0.717, 1.165) is 6.42 Å². The fourth-order valence-corrected chi connectivity index (χ4v) is 0.877. The molecular formula is C11H14. The summed E-state index contributed by atoms with van der Waals surface area (Å²) in [7, 11) is 0. The second-order valence-electron chi connectivity index (χ2n) is 2.94. The van der Waals surface area contributed by atoms with E-state index in [1.54, 1.807) is 0 Å². The van der Waals surface area contributed by atoms with E-state index in [-0.39, 0.29) is 5.41 Å². The quantitative estimate of drug-likeness (QED) is 0.415. The highest BCUT2D eigenvalue weighted by molar-refractivity contribution is 5.30. The molecule has 0 nitrogen and oxygen atoms in total. The predicted octanol–water partition coefficient (Wildman–Crippen LogP) is 2.92. The van der Waals surface area contributed by atoms with Crippen molar-refractivity contribution in [3.63, 3.8) is 0 Å². The Bertz CT molecular complexity index is 218. The molecule has 58 valence electrons. The molecular weight excluding hydrogens is 132 g/mol. The summed E-state index contributed by atoms with van der Waals surface area (Å²) >= 11 is 0. The van der Waals surface area contributed by atoms with Crippen molar-refractivity contribution in [1.82, 2.24) is 0 Å². The molecule has 0 bridgehead atoms. The average molecular weight is 146 g/mol. The minimum atomic E-state index is 0.193. The molecule has 0 heterocycles. The Balaban J connectivity index is 2.43. The van der Waals surface area contributed by atoms with Gasteiger partial charge in [-0.2, -0.15) is 0 Å². The van der Waals surface area contributed by atoms with Crippen LogP contribution in [0.3, 0.4) is 0 Å². The maximum absolute atomic E-state index is 3.77. The average Bonchev–Trinajstić information content (AvgIpc) is 2.80. The first kappa shape index (κ1) is 8.14. The third-order valence-corrected chi connectivity index (χ3v) is 1.94. The molecule has 1 saturated carbocycles. The molecule has 0 spiro atoms. The van der Waals surface area contributed by atoms with Crippen molar-refractivity contribution in [3.8, 4) is 11.8 Å². The second kappa shape index (κ2) is 3.44. The van der Waals surface area contributed by atoms with Crippen LogP contribution in [-0.2, 0) is 0 Å². The van der Waals surface area contributed by atoms with E-state index in [1.165, 1.54) is 12.8 Å². The van der Waals surface area contributed by atoms with Gasteiger partial charge in [-0.25, -0.2) is 0 Å². The van der Waals surface area contributed by atoms with Crippen LogP contribution < -0.4 is 0 Å². The summed E-state index contributed by atoms with van der Waals surface area (Å²) in [6, 6.07) is 0. The lowest BCUT2D eigenvalue weighted by atomic mass is 10.1. The van der Waals surface area contributed by atoms with Gasteiger partial charge in [0.2, 0.25) is 0 Å². The van der Waals surface area contributed by atoms with Crippen molar-refractivity contribution in [2.75, 3.05) is 0 Å². The molecule has 0 aromatic rings. The van der Waals surface area contributed by atoms with E-state index in [0.29, 0.717) is 0 Å². The molecule has 0 aliphatic heterocycles. The van der Waals surface area contributed by atoms with Crippen LogP contribution in [0.2, 0.25) is 0 Å². The first-order chi connectivity index (χ1) is 5.33. The van der Waals surface area contributed by atoms with Gasteiger partial charge in [-0.05, 0) is 25.3 Å². The van der Waals surface area contributed by atoms with Gasteiger partial charge in [-0.1, -0.05) is 30.9 Å². The monoisotopic (exact) mass is 146 g/mol. The van der Waals surface area contributed by atoms with Gasteiger partial charge < -0.3 is 0 Å². The summed E-state index contributed by atoms with van der Waals surface area (Å²) in [6.07, 6.45) is 9.44. The summed E-state index contributed by atoms with van der Waals surface area (Å²) in [5.74, 6) is 6.24. The number of allylic oxidation sites excluding steroid dienone is 3. The zero-order chi connectivity index (χ0) is 8.16. The molecule has 1 fully saturated rings. The van der Waals surface area contributed by atoms with Gasteiger partial charge in [-0.15, -0.1) is 6.58 Å². The Morgan fingerprint density at radius 2 is 2.27 bits per heavy atom. The molecule has 0 amide bonds. The molecule has 0 N–H and O–H groups in total. The Morgan fingerprint density at radius 1 is 1.55 bits per heavy atom. The largest absolute Gasteiger partial charge is 0.102 e. The molecule has 0 heteroatoms. The number of hydrogen-bond acceptors (Lipinski definition) is 0. The SMILES string of the molecule is C=CC1(C#CC=CCC)CC1. The fourth-order valence-electron chi connectivity index (χ4n) is 0.877. The highest BCUT2D eigenvalue weighted by atomic mass is 14.4. The summed E-state index contributed by atoms with van der Waals surface area (Å²) in [6.45, 7) is 5.88. The third-order valence-electron chi connectivity index (χ3n) is 1.94. The van der Waals surface area contributed by atoms with Gasteiger partial charge in [-0.3, -0.25) is 0 Å². The van der Waals surface area contributed by atoms with Crippen LogP contribution >= 0.6 is 0 Å². The second-order valence-corrected chi connectivity index (χ2v) is 2.94. The molecule has 0 aromatic carbocycles. The molecule has 1 rings (SSSR count). The lowest BCUT2D eigenvalue weighted by molar-refractivity contribution is 0.902. The van der Waals surface area contributed by atoms with E-state index in [1.807, 2.05) is 12.2 Å². The van der Waals surface area contributed by atoms with Crippen LogP contribution in [0.25, 0.3) is 0 Å². The Hall–Kier alpha value is -0.960. The third kappa shape index (κ3) is 2.27. The molecule has 0 radical (unpaired) electrons. The Labute approximate surface area is 69.0 Å². The Morgan fingerprint density at radius 3 is 2.73 bits per heavy atom. The molecule has 0 aromatic heterocycles. The smallest absolute Gasteiger partial charge is 0.0496 e. The molecule has 0 atom stereocenters. The summed E-state index contributed by atoms with van der Waals surface area (Å²) < 4.78 is 0. The Kier molecular flexibility index (Phi) is 2.54. The minimum Gasteiger partial charge on any atom is -0.102 e. The summed E-state index contributed by atoms with van der Waals surface area (Å²) in [5, 5.41) is 0. The van der Waals surface area contributed by atoms with E-state index in [4.69, 9.17) is 0 Å². The topological polar surface area (TPSA) is 0 Å². The minimum absolute atomic E-state index is 0.193. The number of hydrogen-bond donors (Lipinski definition) is 0. The van der Waals surface area contributed by atoms with Gasteiger partial charge in [0, 0.05) is 5.41 Å². The van der Waals surface area contributed by atoms with E-state index in [2.05, 4.69) is 31.4 Å². The first-order valence-corrected chi connectivity index (χ1v) is 4.14. The molecule has 0 unspecified atom stereocenters. The fraction of sp³-hybridized carbons (Fsp3) is 0.455. The van der Waals surface area contributed by atoms with Crippen molar-refractivity contribution in [1.29, 1.82) is 0 Å². The number of rotatable bonds is 2. The maximum Gasteiger partial charge on any atom is 0.0496 e. The highest BCUT2D eigenvalue weighted by Crippen LogP contribution is 2.45. The molecule has 1 aliphatic rings. The van der Waals surface area contributed by atoms with Crippen molar-refractivity contribution in [3.05, 3.63) is 24.8 Å². The summed E-state index contributed by atoms with van der Waals surface area (Å²) in [5.41, 5.74) is 0.193. The lowest BCUT2D eigenvalue weighted by Gasteiger charge is -1.92. The van der Waals surface area contributed by atoms with Crippen LogP contribution in [0, 0.1) is 17.3 Å². The van der Waals surface area contributed by atoms with Gasteiger partial charge >= 0.3 is 0 Å². The van der Waals surface area contributed by atoms with Crippen molar-refractivity contribution in [2.45, 2.75) is 26.2 Å². The van der Waals surface area contributed by atoms with Crippen LogP contribution in [-0.4, -0.2) is 0 Å². The van der Waals surface area contributed by atoms with E-state index >= 15 is 0 Å². The molecule has 11 heavy (non-hydrogen) atoms. The zero-order valence-corrected chi connectivity index (χ0v) is 7.06. The zero-order valence-electron chi connectivity index (χ0n) is 7.06. The van der Waals surface area contributed by atoms with Gasteiger partial charge in [0.15, 0.2) is 0 Å². The summed E-state index contributed by atoms with van der Waals surface area (Å²) in [4.78, 5) is 0. The normalized spacial score (nSPS) is 19.0. The van der Waals surface area contributed by atoms with E-state index < -0.39 is 0 Å². The van der Waals surface area contributed by atoms with Crippen LogP contribution in [0.15, 0.2) is 24.8 Å². The van der Waals surface area contributed by atoms with Gasteiger partial charge in [0.05, 0.1) is 0 Å². The lowest BCUT2D eigenvalue weighted by Crippen LogP contribution is -1.86. The van der Waals surface area contributed by atoms with Crippen LogP contribution in [0.1, 0.15) is 26.2 Å². The highest BCUT2D eigenvalue weighted by Gasteiger charge is 2.37. The van der Waals surface area contributed by atoms with Crippen molar-refractivity contribution < 1.29 is 0 Å². The first-order valence-electron chi connectivity index (χ1n) is 4.14. The molecule has 1 aliphatic carbocycles. The van der Waals surface area contributed by atoms with Crippen molar-refractivity contribution >= 4 is 0 Å². The van der Waals surface area contributed by atoms with Gasteiger partial charge in [0.25, 0.3) is 0 Å². The van der Waals surface area contributed by atoms with Crippen LogP contribution in [0.5, 0.6) is 0 Å². The molecule has 0 saturated heterocycles. The van der Waals surface area contributed by atoms with Gasteiger partial charge in [0.1, 0.15) is 0 Å². The maximum atomic E-state index is 3.77. The van der Waals surface area contributed by atoms with E-state index in [9.17, 15) is 0 Å². The standard InChI is InChI=1S/C11H14/c1-3-5-6-7-8-11(4-2)9-10-11/h4-6H,2-3,9-10H2,1H3.